The van der Waals surface area contributed by atoms with E-state index in [2.05, 4.69) is 10.3 Å². The van der Waals surface area contributed by atoms with Crippen LogP contribution >= 0.6 is 0 Å². The van der Waals surface area contributed by atoms with Gasteiger partial charge in [0.2, 0.25) is 5.89 Å². The van der Waals surface area contributed by atoms with Crippen LogP contribution in [0.2, 0.25) is 0 Å². The van der Waals surface area contributed by atoms with Gasteiger partial charge in [0.25, 0.3) is 5.91 Å². The third kappa shape index (κ3) is 3.52. The molecule has 1 aliphatic rings. The molecule has 1 saturated heterocycles. The van der Waals surface area contributed by atoms with Crippen LogP contribution in [0.1, 0.15) is 16.8 Å². The molecule has 5 amide bonds. The molecule has 0 radical (unpaired) electrons. The van der Waals surface area contributed by atoms with E-state index < -0.39 is 17.8 Å². The van der Waals surface area contributed by atoms with Crippen molar-refractivity contribution >= 4 is 34.9 Å². The standard InChI is InChI=1S/C21H18N4O5/c1-24-19(27)20(28)25(21(24)29)11-5-10-22-17(26)14-8-9-15-16(12-14)30-18(23-15)13-6-3-2-4-7-13/h2-4,6-9,12H,5,10-11H2,1H3,(H,22,26). The Bertz CT molecular complexity index is 1150. The SMILES string of the molecule is CN1C(=O)C(=O)N(CCCNC(=O)c2ccc3nc(-c4ccccc4)oc3c2)C1=O. The molecule has 4 rings (SSSR count). The zero-order valence-corrected chi connectivity index (χ0v) is 16.1. The first-order valence-corrected chi connectivity index (χ1v) is 9.33. The lowest BCUT2D eigenvalue weighted by Crippen LogP contribution is -2.34. The zero-order valence-electron chi connectivity index (χ0n) is 16.1. The van der Waals surface area contributed by atoms with E-state index in [4.69, 9.17) is 4.42 Å². The molecule has 2 heterocycles. The predicted molar refractivity (Wildman–Crippen MR) is 106 cm³/mol. The van der Waals surface area contributed by atoms with Gasteiger partial charge in [-0.15, -0.1) is 0 Å². The first-order chi connectivity index (χ1) is 14.5. The Kier molecular flexibility index (Phi) is 5.01. The van der Waals surface area contributed by atoms with Gasteiger partial charge in [0.15, 0.2) is 5.58 Å². The molecule has 0 spiro atoms. The quantitative estimate of drug-likeness (QED) is 0.381. The Hall–Kier alpha value is -4.01. The molecule has 2 aromatic carbocycles. The highest BCUT2D eigenvalue weighted by Crippen LogP contribution is 2.24. The fraction of sp³-hybridized carbons (Fsp3) is 0.190. The van der Waals surface area contributed by atoms with Crippen molar-refractivity contribution in [2.45, 2.75) is 6.42 Å². The summed E-state index contributed by atoms with van der Waals surface area (Å²) in [5.41, 5.74) is 2.39. The van der Waals surface area contributed by atoms with Crippen molar-refractivity contribution in [2.75, 3.05) is 20.1 Å². The summed E-state index contributed by atoms with van der Waals surface area (Å²) < 4.78 is 5.77. The van der Waals surface area contributed by atoms with E-state index in [1.54, 1.807) is 18.2 Å². The molecular formula is C21H18N4O5. The molecule has 1 fully saturated rings. The van der Waals surface area contributed by atoms with E-state index in [0.29, 0.717) is 29.0 Å². The monoisotopic (exact) mass is 406 g/mol. The molecule has 0 saturated carbocycles. The van der Waals surface area contributed by atoms with Crippen molar-refractivity contribution in [3.63, 3.8) is 0 Å². The molecule has 152 valence electrons. The Morgan fingerprint density at radius 1 is 1.07 bits per heavy atom. The highest BCUT2D eigenvalue weighted by atomic mass is 16.3. The van der Waals surface area contributed by atoms with Gasteiger partial charge in [0.1, 0.15) is 5.52 Å². The van der Waals surface area contributed by atoms with E-state index in [0.717, 1.165) is 15.4 Å². The van der Waals surface area contributed by atoms with Crippen molar-refractivity contribution < 1.29 is 23.6 Å². The topological polar surface area (TPSA) is 113 Å². The highest BCUT2D eigenvalue weighted by molar-refractivity contribution is 6.44. The molecule has 0 bridgehead atoms. The molecule has 1 aromatic heterocycles. The number of urea groups is 1. The molecule has 0 unspecified atom stereocenters. The van der Waals surface area contributed by atoms with Crippen LogP contribution in [0.3, 0.4) is 0 Å². The number of nitrogens with one attached hydrogen (secondary N) is 1. The third-order valence-electron chi connectivity index (χ3n) is 4.77. The van der Waals surface area contributed by atoms with E-state index in [1.165, 1.54) is 7.05 Å². The number of nitrogens with zero attached hydrogens (tertiary/aromatic N) is 3. The second-order valence-corrected chi connectivity index (χ2v) is 6.78. The normalized spacial score (nSPS) is 14.1. The number of carbonyl (C=O) groups excluding carboxylic acids is 4. The summed E-state index contributed by atoms with van der Waals surface area (Å²) in [4.78, 5) is 53.5. The third-order valence-corrected chi connectivity index (χ3v) is 4.77. The van der Waals surface area contributed by atoms with Crippen molar-refractivity contribution in [1.82, 2.24) is 20.1 Å². The number of hydrogen-bond donors (Lipinski definition) is 1. The van der Waals surface area contributed by atoms with Crippen LogP contribution in [-0.4, -0.2) is 58.7 Å². The first-order valence-electron chi connectivity index (χ1n) is 9.33. The Balaban J connectivity index is 1.36. The van der Waals surface area contributed by atoms with Crippen molar-refractivity contribution in [1.29, 1.82) is 0 Å². The molecule has 9 nitrogen and oxygen atoms in total. The zero-order chi connectivity index (χ0) is 21.3. The minimum absolute atomic E-state index is 0.0512. The minimum atomic E-state index is -0.848. The van der Waals surface area contributed by atoms with Crippen molar-refractivity contribution in [3.8, 4) is 11.5 Å². The van der Waals surface area contributed by atoms with Gasteiger partial charge in [-0.2, -0.15) is 0 Å². The summed E-state index contributed by atoms with van der Waals surface area (Å²) in [5, 5.41) is 2.73. The van der Waals surface area contributed by atoms with Gasteiger partial charge < -0.3 is 9.73 Å². The van der Waals surface area contributed by atoms with Crippen LogP contribution in [0.15, 0.2) is 52.9 Å². The van der Waals surface area contributed by atoms with Crippen LogP contribution in [0.25, 0.3) is 22.6 Å². The van der Waals surface area contributed by atoms with E-state index in [-0.39, 0.29) is 19.0 Å². The van der Waals surface area contributed by atoms with Crippen LogP contribution in [0, 0.1) is 0 Å². The van der Waals surface area contributed by atoms with Gasteiger partial charge in [-0.1, -0.05) is 18.2 Å². The highest BCUT2D eigenvalue weighted by Gasteiger charge is 2.41. The van der Waals surface area contributed by atoms with Crippen LogP contribution < -0.4 is 5.32 Å². The number of oxazole rings is 1. The van der Waals surface area contributed by atoms with E-state index >= 15 is 0 Å². The number of amides is 5. The van der Waals surface area contributed by atoms with E-state index in [1.807, 2.05) is 30.3 Å². The molecule has 1 N–H and O–H groups in total. The van der Waals surface area contributed by atoms with Crippen molar-refractivity contribution in [2.24, 2.45) is 0 Å². The number of benzene rings is 2. The number of hydrogen-bond acceptors (Lipinski definition) is 6. The number of carbonyl (C=O) groups is 4. The van der Waals surface area contributed by atoms with Crippen LogP contribution in [-0.2, 0) is 9.59 Å². The fourth-order valence-corrected chi connectivity index (χ4v) is 3.12. The average Bonchev–Trinajstić information content (AvgIpc) is 3.27. The molecule has 1 aliphatic heterocycles. The second-order valence-electron chi connectivity index (χ2n) is 6.78. The van der Waals surface area contributed by atoms with Crippen LogP contribution in [0.4, 0.5) is 4.79 Å². The smallest absolute Gasteiger partial charge is 0.333 e. The Labute approximate surface area is 171 Å². The van der Waals surface area contributed by atoms with Gasteiger partial charge in [-0.05, 0) is 36.8 Å². The second kappa shape index (κ2) is 7.78. The lowest BCUT2D eigenvalue weighted by Gasteiger charge is -2.12. The number of likely N-dealkylation sites (N-methyl/N-ethyl adjacent to an activating group) is 1. The van der Waals surface area contributed by atoms with Gasteiger partial charge in [-0.3, -0.25) is 24.2 Å². The van der Waals surface area contributed by atoms with Gasteiger partial charge in [0, 0.05) is 31.3 Å². The largest absolute Gasteiger partial charge is 0.436 e. The molecular weight excluding hydrogens is 388 g/mol. The summed E-state index contributed by atoms with van der Waals surface area (Å²) in [7, 11) is 1.26. The average molecular weight is 406 g/mol. The van der Waals surface area contributed by atoms with Gasteiger partial charge in [-0.25, -0.2) is 9.78 Å². The number of aromatic nitrogens is 1. The maximum Gasteiger partial charge on any atom is 0.333 e. The summed E-state index contributed by atoms with van der Waals surface area (Å²) in [6, 6.07) is 13.8. The van der Waals surface area contributed by atoms with Gasteiger partial charge in [0.05, 0.1) is 0 Å². The molecule has 30 heavy (non-hydrogen) atoms. The van der Waals surface area contributed by atoms with Crippen molar-refractivity contribution in [3.05, 3.63) is 54.1 Å². The molecule has 0 atom stereocenters. The summed E-state index contributed by atoms with van der Waals surface area (Å²) in [6.07, 6.45) is 0.326. The predicted octanol–water partition coefficient (Wildman–Crippen LogP) is 2.04. The Morgan fingerprint density at radius 3 is 2.53 bits per heavy atom. The first kappa shape index (κ1) is 19.3. The maximum atomic E-state index is 12.4. The minimum Gasteiger partial charge on any atom is -0.436 e. The summed E-state index contributed by atoms with van der Waals surface area (Å²) >= 11 is 0. The summed E-state index contributed by atoms with van der Waals surface area (Å²) in [6.45, 7) is 0.285. The Morgan fingerprint density at radius 2 is 1.83 bits per heavy atom. The maximum absolute atomic E-state index is 12.4. The lowest BCUT2D eigenvalue weighted by molar-refractivity contribution is -0.142. The molecule has 9 heteroatoms. The van der Waals surface area contributed by atoms with E-state index in [9.17, 15) is 19.2 Å². The fourth-order valence-electron chi connectivity index (χ4n) is 3.12. The molecule has 3 aromatic rings. The summed E-state index contributed by atoms with van der Waals surface area (Å²) in [5.74, 6) is -1.54. The van der Waals surface area contributed by atoms with Gasteiger partial charge >= 0.3 is 17.8 Å². The number of fused-ring (bicyclic) bond motifs is 1. The molecule has 0 aliphatic carbocycles. The van der Waals surface area contributed by atoms with Crippen LogP contribution in [0.5, 0.6) is 0 Å². The lowest BCUT2D eigenvalue weighted by atomic mass is 10.2. The number of rotatable bonds is 6. The number of imide groups is 2.